The average Bonchev–Trinajstić information content (AvgIpc) is 1.99. The van der Waals surface area contributed by atoms with Gasteiger partial charge in [-0.3, -0.25) is 4.79 Å². The second-order valence-corrected chi connectivity index (χ2v) is 3.94. The number of Topliss-reactive ketones (excluding diaryl/α,β-unsaturated/α-hetero) is 1. The number of nitrogens with zero attached hydrogens (tertiary/aromatic N) is 2. The van der Waals surface area contributed by atoms with E-state index < -0.39 is 0 Å². The van der Waals surface area contributed by atoms with Crippen molar-refractivity contribution < 1.29 is 4.79 Å². The molecule has 3 nitrogen and oxygen atoms in total. The van der Waals surface area contributed by atoms with Crippen LogP contribution in [0.2, 0.25) is 0 Å². The molecule has 3 heteroatoms. The van der Waals surface area contributed by atoms with Crippen LogP contribution in [0.5, 0.6) is 0 Å². The third-order valence-electron chi connectivity index (χ3n) is 2.71. The predicted octanol–water partition coefficient (Wildman–Crippen LogP) is 2.26. The summed E-state index contributed by atoms with van der Waals surface area (Å²) in [6.07, 6.45) is 3.69. The minimum atomic E-state index is -0.0470. The molecular weight excluding hydrogens is 176 g/mol. The molecule has 1 aliphatic carbocycles. The Hall–Kier alpha value is -1.25. The van der Waals surface area contributed by atoms with Crippen LogP contribution in [0.3, 0.4) is 0 Å². The van der Waals surface area contributed by atoms with Crippen LogP contribution >= 0.6 is 0 Å². The van der Waals surface area contributed by atoms with Crippen molar-refractivity contribution in [2.45, 2.75) is 39.0 Å². The van der Waals surface area contributed by atoms with Crippen LogP contribution in [-0.2, 0) is 0 Å². The normalized spacial score (nSPS) is 16.4. The summed E-state index contributed by atoms with van der Waals surface area (Å²) in [6, 6.07) is 2.00. The van der Waals surface area contributed by atoms with Crippen LogP contribution in [0, 0.1) is 6.92 Å². The Morgan fingerprint density at radius 3 is 2.64 bits per heavy atom. The molecule has 1 aromatic heterocycles. The van der Waals surface area contributed by atoms with E-state index in [2.05, 4.69) is 9.97 Å². The van der Waals surface area contributed by atoms with Gasteiger partial charge in [-0.1, -0.05) is 6.42 Å². The van der Waals surface area contributed by atoms with E-state index in [1.54, 1.807) is 0 Å². The highest BCUT2D eigenvalue weighted by Gasteiger charge is 2.22. The minimum Gasteiger partial charge on any atom is -0.291 e. The fourth-order valence-electron chi connectivity index (χ4n) is 1.66. The van der Waals surface area contributed by atoms with Crippen molar-refractivity contribution in [3.8, 4) is 0 Å². The molecule has 1 fully saturated rings. The monoisotopic (exact) mass is 190 g/mol. The molecule has 1 aliphatic rings. The lowest BCUT2D eigenvalue weighted by molar-refractivity contribution is 0.100. The maximum absolute atomic E-state index is 11.2. The molecule has 0 spiro atoms. The van der Waals surface area contributed by atoms with Crippen molar-refractivity contribution in [3.05, 3.63) is 23.3 Å². The van der Waals surface area contributed by atoms with Crippen LogP contribution in [0.1, 0.15) is 54.1 Å². The smallest absolute Gasteiger partial charge is 0.196 e. The maximum atomic E-state index is 11.2. The Morgan fingerprint density at radius 1 is 1.43 bits per heavy atom. The molecule has 1 heterocycles. The first-order valence-electron chi connectivity index (χ1n) is 5.03. The molecule has 0 amide bonds. The van der Waals surface area contributed by atoms with Gasteiger partial charge in [-0.25, -0.2) is 9.97 Å². The van der Waals surface area contributed by atoms with Gasteiger partial charge in [-0.05, 0) is 25.8 Å². The first kappa shape index (κ1) is 9.31. The SMILES string of the molecule is CC(=O)c1nc(C)cc(C2CCC2)n1. The lowest BCUT2D eigenvalue weighted by Crippen LogP contribution is -2.14. The fraction of sp³-hybridized carbons (Fsp3) is 0.545. The standard InChI is InChI=1S/C11H14N2O/c1-7-6-10(9-4-3-5-9)13-11(12-7)8(2)14/h6,9H,3-5H2,1-2H3. The van der Waals surface area contributed by atoms with Crippen molar-refractivity contribution in [2.75, 3.05) is 0 Å². The molecule has 0 radical (unpaired) electrons. The largest absolute Gasteiger partial charge is 0.291 e. The summed E-state index contributed by atoms with van der Waals surface area (Å²) in [4.78, 5) is 19.6. The zero-order valence-corrected chi connectivity index (χ0v) is 8.58. The number of carbonyl (C=O) groups excluding carboxylic acids is 1. The molecule has 0 saturated heterocycles. The number of aryl methyl sites for hydroxylation is 1. The van der Waals surface area contributed by atoms with E-state index >= 15 is 0 Å². The molecule has 0 atom stereocenters. The van der Waals surface area contributed by atoms with Crippen LogP contribution in [0.25, 0.3) is 0 Å². The van der Waals surface area contributed by atoms with Crippen LogP contribution in [0.15, 0.2) is 6.07 Å². The minimum absolute atomic E-state index is 0.0470. The molecule has 0 aliphatic heterocycles. The van der Waals surface area contributed by atoms with Crippen molar-refractivity contribution in [3.63, 3.8) is 0 Å². The van der Waals surface area contributed by atoms with Crippen molar-refractivity contribution in [1.29, 1.82) is 0 Å². The lowest BCUT2D eigenvalue weighted by atomic mass is 9.82. The predicted molar refractivity (Wildman–Crippen MR) is 53.4 cm³/mol. The van der Waals surface area contributed by atoms with Gasteiger partial charge in [0.25, 0.3) is 0 Å². The third kappa shape index (κ3) is 1.67. The first-order chi connectivity index (χ1) is 6.66. The number of hydrogen-bond donors (Lipinski definition) is 0. The summed E-state index contributed by atoms with van der Waals surface area (Å²) in [5.41, 5.74) is 1.95. The zero-order chi connectivity index (χ0) is 10.1. The van der Waals surface area contributed by atoms with E-state index in [1.165, 1.54) is 26.2 Å². The first-order valence-corrected chi connectivity index (χ1v) is 5.03. The van der Waals surface area contributed by atoms with Crippen LogP contribution < -0.4 is 0 Å². The molecule has 0 aromatic carbocycles. The van der Waals surface area contributed by atoms with Gasteiger partial charge >= 0.3 is 0 Å². The second kappa shape index (κ2) is 3.48. The third-order valence-corrected chi connectivity index (χ3v) is 2.71. The number of carbonyl (C=O) groups is 1. The number of aromatic nitrogens is 2. The van der Waals surface area contributed by atoms with Gasteiger partial charge in [0.2, 0.25) is 0 Å². The highest BCUT2D eigenvalue weighted by Crippen LogP contribution is 2.35. The summed E-state index contributed by atoms with van der Waals surface area (Å²) in [7, 11) is 0. The van der Waals surface area contributed by atoms with Gasteiger partial charge < -0.3 is 0 Å². The van der Waals surface area contributed by atoms with Crippen LogP contribution in [0.4, 0.5) is 0 Å². The molecular formula is C11H14N2O. The van der Waals surface area contributed by atoms with Gasteiger partial charge in [0, 0.05) is 24.2 Å². The summed E-state index contributed by atoms with van der Waals surface area (Å²) < 4.78 is 0. The highest BCUT2D eigenvalue weighted by molar-refractivity contribution is 5.90. The molecule has 74 valence electrons. The Bertz CT molecular complexity index is 370. The van der Waals surface area contributed by atoms with Gasteiger partial charge in [0.15, 0.2) is 11.6 Å². The number of ketones is 1. The zero-order valence-electron chi connectivity index (χ0n) is 8.58. The summed E-state index contributed by atoms with van der Waals surface area (Å²) in [5, 5.41) is 0. The van der Waals surface area contributed by atoms with Gasteiger partial charge in [-0.2, -0.15) is 0 Å². The molecule has 2 rings (SSSR count). The Kier molecular flexibility index (Phi) is 2.32. The van der Waals surface area contributed by atoms with Crippen molar-refractivity contribution in [1.82, 2.24) is 9.97 Å². The quantitative estimate of drug-likeness (QED) is 0.672. The molecule has 0 bridgehead atoms. The molecule has 0 unspecified atom stereocenters. The maximum Gasteiger partial charge on any atom is 0.196 e. The van der Waals surface area contributed by atoms with E-state index in [-0.39, 0.29) is 5.78 Å². The van der Waals surface area contributed by atoms with Gasteiger partial charge in [0.1, 0.15) is 0 Å². The summed E-state index contributed by atoms with van der Waals surface area (Å²) in [5.74, 6) is 0.885. The molecule has 1 aromatic rings. The lowest BCUT2D eigenvalue weighted by Gasteiger charge is -2.24. The second-order valence-electron chi connectivity index (χ2n) is 3.94. The topological polar surface area (TPSA) is 42.9 Å². The Balaban J connectivity index is 2.35. The van der Waals surface area contributed by atoms with Crippen LogP contribution in [-0.4, -0.2) is 15.8 Å². The van der Waals surface area contributed by atoms with Crippen molar-refractivity contribution >= 4 is 5.78 Å². The molecule has 0 N–H and O–H groups in total. The average molecular weight is 190 g/mol. The van der Waals surface area contributed by atoms with E-state index in [0.29, 0.717) is 11.7 Å². The molecule has 1 saturated carbocycles. The Labute approximate surface area is 83.6 Å². The highest BCUT2D eigenvalue weighted by atomic mass is 16.1. The van der Waals surface area contributed by atoms with E-state index in [4.69, 9.17) is 0 Å². The number of rotatable bonds is 2. The summed E-state index contributed by atoms with van der Waals surface area (Å²) in [6.45, 7) is 3.43. The Morgan fingerprint density at radius 2 is 2.14 bits per heavy atom. The van der Waals surface area contributed by atoms with Crippen molar-refractivity contribution in [2.24, 2.45) is 0 Å². The van der Waals surface area contributed by atoms with E-state index in [1.807, 2.05) is 13.0 Å². The summed E-state index contributed by atoms with van der Waals surface area (Å²) >= 11 is 0. The van der Waals surface area contributed by atoms with E-state index in [0.717, 1.165) is 11.4 Å². The van der Waals surface area contributed by atoms with E-state index in [9.17, 15) is 4.79 Å². The molecule has 14 heavy (non-hydrogen) atoms. The fourth-order valence-corrected chi connectivity index (χ4v) is 1.66. The van der Waals surface area contributed by atoms with Gasteiger partial charge in [-0.15, -0.1) is 0 Å². The number of hydrogen-bond acceptors (Lipinski definition) is 3. The van der Waals surface area contributed by atoms with Gasteiger partial charge in [0.05, 0.1) is 0 Å².